The van der Waals surface area contributed by atoms with E-state index in [1.807, 2.05) is 0 Å². The molecule has 0 atom stereocenters. The molecule has 0 fully saturated rings. The van der Waals surface area contributed by atoms with Gasteiger partial charge < -0.3 is 9.47 Å². The van der Waals surface area contributed by atoms with E-state index in [0.29, 0.717) is 22.7 Å². The highest BCUT2D eigenvalue weighted by atomic mass is 32.1. The summed E-state index contributed by atoms with van der Waals surface area (Å²) in [6, 6.07) is 0. The summed E-state index contributed by atoms with van der Waals surface area (Å²) in [7, 11) is 0. The molecule has 0 unspecified atom stereocenters. The SMILES string of the molecule is [N-]=[N+]=Nc1c(F)c(F)c(-c2nc(C(=O)OC(=N)CCC(=O)OC(=O)c3csc(-c4c(F)c(F)c(N=[N+]=[N-])c(F)c4F)n3)cs2)c(F)c1F. The van der Waals surface area contributed by atoms with E-state index in [-0.39, 0.29) is 0 Å². The molecule has 2 aromatic carbocycles. The molecule has 0 radical (unpaired) electrons. The van der Waals surface area contributed by atoms with Crippen LogP contribution in [-0.4, -0.2) is 33.8 Å². The first-order chi connectivity index (χ1) is 22.7. The summed E-state index contributed by atoms with van der Waals surface area (Å²) < 4.78 is 123. The lowest BCUT2D eigenvalue weighted by molar-refractivity contribution is -0.137. The molecular weight excluding hydrogens is 710 g/mol. The predicted octanol–water partition coefficient (Wildman–Crippen LogP) is 8.23. The van der Waals surface area contributed by atoms with E-state index >= 15 is 0 Å². The van der Waals surface area contributed by atoms with Crippen LogP contribution in [-0.2, 0) is 14.3 Å². The number of nitrogens with one attached hydrogen (secondary N) is 1. The second-order valence-electron chi connectivity index (χ2n) is 8.49. The van der Waals surface area contributed by atoms with Crippen LogP contribution in [0.3, 0.4) is 0 Å². The number of carbonyl (C=O) groups excluding carboxylic acids is 3. The zero-order chi connectivity index (χ0) is 35.4. The van der Waals surface area contributed by atoms with Crippen LogP contribution in [0.5, 0.6) is 0 Å². The topological polar surface area (TPSA) is 217 Å². The lowest BCUT2D eigenvalue weighted by atomic mass is 10.1. The third kappa shape index (κ3) is 6.76. The minimum atomic E-state index is -2.04. The summed E-state index contributed by atoms with van der Waals surface area (Å²) in [4.78, 5) is 47.8. The monoisotopic (exact) mass is 717 g/mol. The highest BCUT2D eigenvalue weighted by Crippen LogP contribution is 2.38. The number of azide groups is 2. The van der Waals surface area contributed by atoms with Crippen LogP contribution in [0.15, 0.2) is 21.0 Å². The quantitative estimate of drug-likeness (QED) is 0.0206. The Hall–Kier alpha value is -5.96. The predicted molar refractivity (Wildman–Crippen MR) is 145 cm³/mol. The maximum Gasteiger partial charge on any atom is 0.365 e. The number of rotatable bonds is 9. The number of esters is 3. The summed E-state index contributed by atoms with van der Waals surface area (Å²) >= 11 is 0.659. The number of carbonyl (C=O) groups is 3. The largest absolute Gasteiger partial charge is 0.407 e. The van der Waals surface area contributed by atoms with Gasteiger partial charge in [-0.05, 0) is 11.1 Å². The molecule has 0 saturated carbocycles. The second kappa shape index (κ2) is 14.2. The number of thiazole rings is 2. The minimum Gasteiger partial charge on any atom is -0.407 e. The summed E-state index contributed by atoms with van der Waals surface area (Å²) in [5.74, 6) is -21.2. The molecule has 246 valence electrons. The first kappa shape index (κ1) is 34.9. The van der Waals surface area contributed by atoms with Crippen molar-refractivity contribution in [1.82, 2.24) is 9.97 Å². The Morgan fingerprint density at radius 3 is 1.42 bits per heavy atom. The van der Waals surface area contributed by atoms with Crippen LogP contribution in [0.1, 0.15) is 33.8 Å². The minimum absolute atomic E-state index is 0.319. The highest BCUT2D eigenvalue weighted by Gasteiger charge is 2.30. The van der Waals surface area contributed by atoms with Crippen molar-refractivity contribution >= 4 is 57.9 Å². The maximum absolute atomic E-state index is 14.4. The number of ether oxygens (including phenoxy) is 2. The number of benzene rings is 2. The normalized spacial score (nSPS) is 10.6. The van der Waals surface area contributed by atoms with E-state index in [4.69, 9.17) is 16.5 Å². The maximum atomic E-state index is 14.4. The van der Waals surface area contributed by atoms with Gasteiger partial charge in [-0.3, -0.25) is 10.2 Å². The van der Waals surface area contributed by atoms with E-state index in [0.717, 1.165) is 10.8 Å². The average Bonchev–Trinajstić information content (AvgIpc) is 3.74. The summed E-state index contributed by atoms with van der Waals surface area (Å²) in [6.45, 7) is 0. The number of nitrogens with zero attached hydrogens (tertiary/aromatic N) is 8. The molecule has 0 spiro atoms. The fourth-order valence-electron chi connectivity index (χ4n) is 3.48. The number of aromatic nitrogens is 2. The Kier molecular flexibility index (Phi) is 10.3. The highest BCUT2D eigenvalue weighted by molar-refractivity contribution is 7.13. The van der Waals surface area contributed by atoms with E-state index < -0.39 is 127 Å². The molecule has 0 aliphatic carbocycles. The van der Waals surface area contributed by atoms with Gasteiger partial charge in [-0.1, -0.05) is 10.2 Å². The van der Waals surface area contributed by atoms with Crippen LogP contribution >= 0.6 is 22.7 Å². The van der Waals surface area contributed by atoms with Gasteiger partial charge in [0, 0.05) is 27.0 Å². The van der Waals surface area contributed by atoms with Gasteiger partial charge >= 0.3 is 17.9 Å². The average molecular weight is 717 g/mol. The lowest BCUT2D eigenvalue weighted by Crippen LogP contribution is -2.17. The van der Waals surface area contributed by atoms with Crippen LogP contribution in [0.2, 0.25) is 0 Å². The van der Waals surface area contributed by atoms with Crippen molar-refractivity contribution < 1.29 is 59.0 Å². The molecule has 2 aromatic heterocycles. The van der Waals surface area contributed by atoms with Gasteiger partial charge in [0.05, 0.1) is 17.5 Å². The molecule has 0 aliphatic rings. The van der Waals surface area contributed by atoms with Gasteiger partial charge in [0.15, 0.2) is 63.8 Å². The summed E-state index contributed by atoms with van der Waals surface area (Å²) in [5.41, 5.74) is 9.38. The number of hydrogen-bond donors (Lipinski definition) is 1. The van der Waals surface area contributed by atoms with Crippen molar-refractivity contribution in [2.24, 2.45) is 10.2 Å². The van der Waals surface area contributed by atoms with Gasteiger partial charge in [-0.2, -0.15) is 0 Å². The van der Waals surface area contributed by atoms with E-state index in [2.05, 4.69) is 39.5 Å². The first-order valence-electron chi connectivity index (χ1n) is 12.0. The Morgan fingerprint density at radius 2 is 1.04 bits per heavy atom. The Morgan fingerprint density at radius 1 is 0.667 bits per heavy atom. The van der Waals surface area contributed by atoms with Crippen molar-refractivity contribution in [3.05, 3.63) is 89.6 Å². The molecule has 0 saturated heterocycles. The molecule has 0 amide bonds. The van der Waals surface area contributed by atoms with Crippen molar-refractivity contribution in [3.8, 4) is 21.1 Å². The molecule has 0 bridgehead atoms. The Bertz CT molecular complexity index is 1940. The molecule has 4 rings (SSSR count). The van der Waals surface area contributed by atoms with Gasteiger partial charge in [-0.25, -0.2) is 54.7 Å². The van der Waals surface area contributed by atoms with Gasteiger partial charge in [-0.15, -0.1) is 22.7 Å². The van der Waals surface area contributed by atoms with Crippen LogP contribution in [0.4, 0.5) is 46.5 Å². The summed E-state index contributed by atoms with van der Waals surface area (Å²) in [5, 5.41) is 12.9. The molecule has 4 aromatic rings. The van der Waals surface area contributed by atoms with Crippen molar-refractivity contribution in [2.45, 2.75) is 12.8 Å². The van der Waals surface area contributed by atoms with Gasteiger partial charge in [0.25, 0.3) is 0 Å². The zero-order valence-electron chi connectivity index (χ0n) is 22.5. The van der Waals surface area contributed by atoms with Crippen molar-refractivity contribution in [3.63, 3.8) is 0 Å². The molecule has 2 heterocycles. The Labute approximate surface area is 266 Å². The Balaban J connectivity index is 1.37. The zero-order valence-corrected chi connectivity index (χ0v) is 24.2. The molecule has 0 aliphatic heterocycles. The number of halogens is 8. The molecular formula is C24H7F8N9O5S2. The van der Waals surface area contributed by atoms with Gasteiger partial charge in [0.2, 0.25) is 0 Å². The van der Waals surface area contributed by atoms with E-state index in [1.165, 1.54) is 0 Å². The van der Waals surface area contributed by atoms with Crippen molar-refractivity contribution in [2.75, 3.05) is 0 Å². The molecule has 48 heavy (non-hydrogen) atoms. The molecule has 14 nitrogen and oxygen atoms in total. The molecule has 24 heteroatoms. The van der Waals surface area contributed by atoms with Crippen molar-refractivity contribution in [1.29, 1.82) is 5.41 Å². The van der Waals surface area contributed by atoms with Gasteiger partial charge in [0.1, 0.15) is 21.4 Å². The fourth-order valence-corrected chi connectivity index (χ4v) is 5.12. The van der Waals surface area contributed by atoms with E-state index in [1.54, 1.807) is 0 Å². The number of hydrogen-bond acceptors (Lipinski definition) is 12. The third-order valence-corrected chi connectivity index (χ3v) is 7.32. The van der Waals surface area contributed by atoms with Crippen LogP contribution in [0, 0.1) is 51.9 Å². The first-order valence-corrected chi connectivity index (χ1v) is 13.8. The lowest BCUT2D eigenvalue weighted by Gasteiger charge is -2.07. The fraction of sp³-hybridized carbons (Fsp3) is 0.0833. The molecule has 1 N–H and O–H groups in total. The summed E-state index contributed by atoms with van der Waals surface area (Å²) in [6.07, 6.45) is -1.48. The second-order valence-corrected chi connectivity index (χ2v) is 10.2. The van der Waals surface area contributed by atoms with E-state index in [9.17, 15) is 49.5 Å². The smallest absolute Gasteiger partial charge is 0.365 e. The third-order valence-electron chi connectivity index (χ3n) is 5.60. The standard InChI is InChI=1S/C24H7F8N9O5S2/c25-11-9(12(26)16(30)19(15(11)29)38-40-34)21-36-5(3-47-21)23(43)45-7(33)1-2-8(42)46-24(44)6-4-48-22(37-6)10-13(27)17(31)20(39-41-35)18(32)14(10)28/h3-4,33H,1-2H2. The van der Waals surface area contributed by atoms with Crippen LogP contribution in [0.25, 0.3) is 42.0 Å². The van der Waals surface area contributed by atoms with Crippen LogP contribution < -0.4 is 0 Å².